The topological polar surface area (TPSA) is 56.3 Å². The first-order valence-corrected chi connectivity index (χ1v) is 10.3. The third kappa shape index (κ3) is 5.66. The number of hydrogen-bond acceptors (Lipinski definition) is 5. The first-order valence-electron chi connectivity index (χ1n) is 9.25. The van der Waals surface area contributed by atoms with Crippen LogP contribution in [0.2, 0.25) is 0 Å². The van der Waals surface area contributed by atoms with Crippen molar-refractivity contribution in [2.45, 2.75) is 12.8 Å². The second kappa shape index (κ2) is 10.8. The van der Waals surface area contributed by atoms with E-state index in [4.69, 9.17) is 39.1 Å². The molecule has 1 N–H and O–H groups in total. The van der Waals surface area contributed by atoms with Gasteiger partial charge in [-0.2, -0.15) is 0 Å². The minimum Gasteiger partial charge on any atom is -0.490 e. The number of benzene rings is 2. The summed E-state index contributed by atoms with van der Waals surface area (Å²) in [6.07, 6.45) is 8.47. The van der Waals surface area contributed by atoms with Crippen LogP contribution in [0.25, 0.3) is 10.9 Å². The smallest absolute Gasteiger partial charge is 0.163 e. The molecule has 0 aliphatic heterocycles. The lowest BCUT2D eigenvalue weighted by atomic mass is 10.2. The summed E-state index contributed by atoms with van der Waals surface area (Å²) >= 11 is 11.5. The molecule has 0 saturated heterocycles. The minimum absolute atomic E-state index is 0.488. The monoisotopic (exact) mass is 429 g/mol. The molecule has 0 spiro atoms. The third-order valence-electron chi connectivity index (χ3n) is 4.06. The molecule has 0 saturated carbocycles. The van der Waals surface area contributed by atoms with E-state index in [0.717, 1.165) is 35.0 Å². The first kappa shape index (κ1) is 21.0. The molecule has 3 aromatic rings. The highest BCUT2D eigenvalue weighted by Gasteiger charge is 2.13. The Morgan fingerprint density at radius 3 is 2.38 bits per heavy atom. The van der Waals surface area contributed by atoms with Crippen molar-refractivity contribution in [3.63, 3.8) is 0 Å². The van der Waals surface area contributed by atoms with Crippen LogP contribution in [0.5, 0.6) is 11.5 Å². The standard InChI is InChI=1S/C22H21Cl2N3O2/c1-2-16-6-3-7-17(12-16)27-22-18-13-20(28-10-4-8-23)21(29-11-5-9-24)14-19(18)25-15-26-22/h1,3,6-7,12-15H,4-5,8-11H2,(H,25,26,27). The fourth-order valence-corrected chi connectivity index (χ4v) is 2.90. The van der Waals surface area contributed by atoms with Gasteiger partial charge >= 0.3 is 0 Å². The van der Waals surface area contributed by atoms with Crippen LogP contribution >= 0.6 is 23.2 Å². The number of nitrogens with zero attached hydrogens (tertiary/aromatic N) is 2. The van der Waals surface area contributed by atoms with Crippen molar-refractivity contribution in [2.75, 3.05) is 30.3 Å². The van der Waals surface area contributed by atoms with Crippen LogP contribution in [-0.4, -0.2) is 34.9 Å². The Hall–Kier alpha value is -2.68. The second-order valence-corrected chi connectivity index (χ2v) is 6.93. The van der Waals surface area contributed by atoms with Crippen LogP contribution in [0.1, 0.15) is 18.4 Å². The summed E-state index contributed by atoms with van der Waals surface area (Å²) in [6.45, 7) is 0.984. The van der Waals surface area contributed by atoms with Gasteiger partial charge in [-0.05, 0) is 37.1 Å². The van der Waals surface area contributed by atoms with Crippen LogP contribution in [0.15, 0.2) is 42.7 Å². The molecule has 0 aliphatic rings. The van der Waals surface area contributed by atoms with E-state index >= 15 is 0 Å². The van der Waals surface area contributed by atoms with Crippen molar-refractivity contribution >= 4 is 45.6 Å². The quantitative estimate of drug-likeness (QED) is 0.266. The van der Waals surface area contributed by atoms with E-state index in [-0.39, 0.29) is 0 Å². The number of nitrogens with one attached hydrogen (secondary N) is 1. The number of terminal acetylenes is 1. The van der Waals surface area contributed by atoms with Gasteiger partial charge in [0, 0.05) is 34.5 Å². The maximum Gasteiger partial charge on any atom is 0.163 e. The zero-order chi connectivity index (χ0) is 20.5. The lowest BCUT2D eigenvalue weighted by Gasteiger charge is -2.15. The summed E-state index contributed by atoms with van der Waals surface area (Å²) in [5.41, 5.74) is 2.36. The molecule has 0 amide bonds. The number of alkyl halides is 2. The fraction of sp³-hybridized carbons (Fsp3) is 0.273. The van der Waals surface area contributed by atoms with Gasteiger partial charge in [0.05, 0.1) is 18.7 Å². The van der Waals surface area contributed by atoms with Gasteiger partial charge in [0.15, 0.2) is 11.5 Å². The Balaban J connectivity index is 1.96. The summed E-state index contributed by atoms with van der Waals surface area (Å²) in [5.74, 6) is 5.58. The van der Waals surface area contributed by atoms with Crippen LogP contribution in [0.3, 0.4) is 0 Å². The number of halogens is 2. The van der Waals surface area contributed by atoms with Gasteiger partial charge in [-0.25, -0.2) is 9.97 Å². The molecule has 5 nitrogen and oxygen atoms in total. The van der Waals surface area contributed by atoms with E-state index in [9.17, 15) is 0 Å². The number of hydrogen-bond donors (Lipinski definition) is 1. The Kier molecular flexibility index (Phi) is 7.80. The second-order valence-electron chi connectivity index (χ2n) is 6.17. The molecule has 0 unspecified atom stereocenters. The maximum atomic E-state index is 5.91. The first-order chi connectivity index (χ1) is 14.2. The molecule has 29 heavy (non-hydrogen) atoms. The van der Waals surface area contributed by atoms with Crippen molar-refractivity contribution in [2.24, 2.45) is 0 Å². The van der Waals surface area contributed by atoms with Gasteiger partial charge in [-0.3, -0.25) is 0 Å². The summed E-state index contributed by atoms with van der Waals surface area (Å²) in [7, 11) is 0. The van der Waals surface area contributed by atoms with Crippen molar-refractivity contribution in [3.8, 4) is 23.8 Å². The highest BCUT2D eigenvalue weighted by Crippen LogP contribution is 2.35. The zero-order valence-corrected chi connectivity index (χ0v) is 17.3. The molecule has 7 heteroatoms. The molecule has 0 aliphatic carbocycles. The predicted molar refractivity (Wildman–Crippen MR) is 119 cm³/mol. The summed E-state index contributed by atoms with van der Waals surface area (Å²) in [4.78, 5) is 8.77. The Morgan fingerprint density at radius 2 is 1.69 bits per heavy atom. The molecular formula is C22H21Cl2N3O2. The van der Waals surface area contributed by atoms with E-state index in [2.05, 4.69) is 21.2 Å². The molecule has 1 heterocycles. The highest BCUT2D eigenvalue weighted by molar-refractivity contribution is 6.18. The van der Waals surface area contributed by atoms with Crippen LogP contribution in [-0.2, 0) is 0 Å². The average Bonchev–Trinajstić information content (AvgIpc) is 2.75. The van der Waals surface area contributed by atoms with Gasteiger partial charge in [-0.15, -0.1) is 29.6 Å². The zero-order valence-electron chi connectivity index (χ0n) is 15.8. The minimum atomic E-state index is 0.488. The summed E-state index contributed by atoms with van der Waals surface area (Å²) in [5, 5.41) is 4.12. The van der Waals surface area contributed by atoms with E-state index in [1.54, 1.807) is 0 Å². The van der Waals surface area contributed by atoms with E-state index in [1.807, 2.05) is 36.4 Å². The van der Waals surface area contributed by atoms with Crippen molar-refractivity contribution in [1.82, 2.24) is 9.97 Å². The number of ether oxygens (including phenoxy) is 2. The molecule has 0 radical (unpaired) electrons. The Labute approximate surface area is 180 Å². The average molecular weight is 430 g/mol. The van der Waals surface area contributed by atoms with E-state index < -0.39 is 0 Å². The SMILES string of the molecule is C#Cc1cccc(Nc2ncnc3cc(OCCCCl)c(OCCCCl)cc23)c1. The molecule has 0 atom stereocenters. The van der Waals surface area contributed by atoms with E-state index in [0.29, 0.717) is 42.3 Å². The van der Waals surface area contributed by atoms with Gasteiger partial charge in [0.25, 0.3) is 0 Å². The van der Waals surface area contributed by atoms with Crippen molar-refractivity contribution in [3.05, 3.63) is 48.3 Å². The lowest BCUT2D eigenvalue weighted by Crippen LogP contribution is -2.04. The van der Waals surface area contributed by atoms with Gasteiger partial charge in [-0.1, -0.05) is 12.0 Å². The number of aromatic nitrogens is 2. The van der Waals surface area contributed by atoms with Gasteiger partial charge < -0.3 is 14.8 Å². The molecule has 0 fully saturated rings. The van der Waals surface area contributed by atoms with Gasteiger partial charge in [0.2, 0.25) is 0 Å². The van der Waals surface area contributed by atoms with Crippen molar-refractivity contribution in [1.29, 1.82) is 0 Å². The third-order valence-corrected chi connectivity index (χ3v) is 4.60. The normalized spacial score (nSPS) is 10.5. The number of anilines is 2. The fourth-order valence-electron chi connectivity index (χ4n) is 2.69. The van der Waals surface area contributed by atoms with Crippen LogP contribution in [0.4, 0.5) is 11.5 Å². The summed E-state index contributed by atoms with van der Waals surface area (Å²) in [6, 6.07) is 11.3. The lowest BCUT2D eigenvalue weighted by molar-refractivity contribution is 0.269. The molecule has 150 valence electrons. The largest absolute Gasteiger partial charge is 0.490 e. The Bertz CT molecular complexity index is 1010. The maximum absolute atomic E-state index is 5.91. The van der Waals surface area contributed by atoms with E-state index in [1.165, 1.54) is 6.33 Å². The van der Waals surface area contributed by atoms with Crippen LogP contribution in [0, 0.1) is 12.3 Å². The molecule has 2 aromatic carbocycles. The van der Waals surface area contributed by atoms with Crippen LogP contribution < -0.4 is 14.8 Å². The molecular weight excluding hydrogens is 409 g/mol. The Morgan fingerprint density at radius 1 is 0.966 bits per heavy atom. The highest BCUT2D eigenvalue weighted by atomic mass is 35.5. The van der Waals surface area contributed by atoms with Gasteiger partial charge in [0.1, 0.15) is 12.1 Å². The molecule has 3 rings (SSSR count). The molecule has 0 bridgehead atoms. The predicted octanol–water partition coefficient (Wildman–Crippen LogP) is 5.37. The molecule has 1 aromatic heterocycles. The summed E-state index contributed by atoms with van der Waals surface area (Å²) < 4.78 is 11.8. The number of rotatable bonds is 10. The van der Waals surface area contributed by atoms with Crippen molar-refractivity contribution < 1.29 is 9.47 Å². The number of fused-ring (bicyclic) bond motifs is 1.